The minimum absolute atomic E-state index is 0. The summed E-state index contributed by atoms with van der Waals surface area (Å²) in [5.74, 6) is -2.32. The van der Waals surface area contributed by atoms with Crippen LogP contribution in [0.1, 0.15) is 73.1 Å². The predicted molar refractivity (Wildman–Crippen MR) is 89.2 cm³/mol. The van der Waals surface area contributed by atoms with Crippen LogP contribution in [0.5, 0.6) is 0 Å². The zero-order valence-electron chi connectivity index (χ0n) is 13.7. The summed E-state index contributed by atoms with van der Waals surface area (Å²) in [6.07, 6.45) is 6.09. The number of unbranched alkanes of at least 4 members (excludes halogenated alkanes) is 2. The Morgan fingerprint density at radius 2 is 1.50 bits per heavy atom. The van der Waals surface area contributed by atoms with Crippen LogP contribution >= 0.6 is 5.77 Å². The number of hydrogen-bond acceptors (Lipinski definition) is 4. The molecule has 0 atom stereocenters. The molecule has 0 aromatic rings. The fourth-order valence-corrected chi connectivity index (χ4v) is 4.49. The van der Waals surface area contributed by atoms with Crippen LogP contribution in [0.4, 0.5) is 0 Å². The van der Waals surface area contributed by atoms with Gasteiger partial charge < -0.3 is 33.6 Å². The maximum absolute atomic E-state index is 11.8. The Bertz CT molecular complexity index is 283. The van der Waals surface area contributed by atoms with Crippen molar-refractivity contribution in [2.75, 3.05) is 0 Å². The van der Waals surface area contributed by atoms with E-state index in [0.29, 0.717) is 11.8 Å². The molecule has 0 aliphatic heterocycles. The molecule has 0 aromatic carbocycles. The van der Waals surface area contributed by atoms with E-state index in [-0.39, 0.29) is 19.5 Å². The predicted octanol–water partition coefficient (Wildman–Crippen LogP) is 5.61. The van der Waals surface area contributed by atoms with Gasteiger partial charge in [0, 0.05) is 0 Å². The van der Waals surface area contributed by atoms with E-state index in [4.69, 9.17) is 29.0 Å². The van der Waals surface area contributed by atoms with Crippen molar-refractivity contribution < 1.29 is 28.6 Å². The molecule has 2 nitrogen and oxygen atoms in total. The standard InChI is InChI=1S/C14H31O2PS2.Zn/c1-6-7-8-9-14(10-12(2)3,11-13(4)5)16-17(15,18)19;/h12-13H,6-11H2,1-5H3,(H2,15,18,19);/q;+2/p-2. The summed E-state index contributed by atoms with van der Waals surface area (Å²) >= 11 is 9.73. The van der Waals surface area contributed by atoms with Crippen LogP contribution in [0.15, 0.2) is 0 Å². The maximum atomic E-state index is 11.8. The van der Waals surface area contributed by atoms with Crippen molar-refractivity contribution in [1.29, 1.82) is 0 Å². The maximum Gasteiger partial charge on any atom is 2.00 e. The molecule has 0 heterocycles. The van der Waals surface area contributed by atoms with Gasteiger partial charge in [0.05, 0.1) is 5.60 Å². The summed E-state index contributed by atoms with van der Waals surface area (Å²) in [6, 6.07) is 0. The van der Waals surface area contributed by atoms with Gasteiger partial charge in [0.25, 0.3) is 0 Å². The number of rotatable bonds is 10. The molecular formula is C14H29O2PS2Zn. The van der Waals surface area contributed by atoms with Crippen molar-refractivity contribution in [2.24, 2.45) is 11.8 Å². The molecule has 0 fully saturated rings. The van der Waals surface area contributed by atoms with Gasteiger partial charge in [-0.1, -0.05) is 53.9 Å². The van der Waals surface area contributed by atoms with Crippen LogP contribution in [0.25, 0.3) is 0 Å². The molecule has 0 spiro atoms. The Morgan fingerprint density at radius 3 is 1.80 bits per heavy atom. The Kier molecular flexibility index (Phi) is 13.2. The van der Waals surface area contributed by atoms with E-state index in [1.807, 2.05) is 0 Å². The molecule has 0 aliphatic carbocycles. The molecule has 0 N–H and O–H groups in total. The molecule has 0 unspecified atom stereocenters. The van der Waals surface area contributed by atoms with E-state index in [0.717, 1.165) is 25.7 Å². The third kappa shape index (κ3) is 12.1. The Balaban J connectivity index is 0. The average molecular weight is 390 g/mol. The normalized spacial score (nSPS) is 12.8. The molecule has 0 saturated carbocycles. The third-order valence-electron chi connectivity index (χ3n) is 3.10. The summed E-state index contributed by atoms with van der Waals surface area (Å²) in [5, 5.41) is 0. The van der Waals surface area contributed by atoms with Gasteiger partial charge in [-0.15, -0.1) is 0 Å². The van der Waals surface area contributed by atoms with Gasteiger partial charge in [-0.3, -0.25) is 0 Å². The smallest absolute Gasteiger partial charge is 0.714 e. The van der Waals surface area contributed by atoms with Crippen molar-refractivity contribution >= 4 is 30.3 Å². The first kappa shape index (κ1) is 23.8. The average Bonchev–Trinajstić information content (AvgIpc) is 2.12. The van der Waals surface area contributed by atoms with Crippen LogP contribution in [-0.2, 0) is 53.1 Å². The number of hydrogen-bond donors (Lipinski definition) is 0. The molecular weight excluding hydrogens is 361 g/mol. The van der Waals surface area contributed by atoms with Crippen molar-refractivity contribution in [3.05, 3.63) is 0 Å². The van der Waals surface area contributed by atoms with Crippen molar-refractivity contribution in [1.82, 2.24) is 0 Å². The van der Waals surface area contributed by atoms with Crippen molar-refractivity contribution in [2.45, 2.75) is 78.7 Å². The van der Waals surface area contributed by atoms with Crippen LogP contribution in [0.2, 0.25) is 0 Å². The van der Waals surface area contributed by atoms with Gasteiger partial charge in [-0.25, -0.2) is 0 Å². The van der Waals surface area contributed by atoms with Gasteiger partial charge in [0.15, 0.2) is 0 Å². The molecule has 0 bridgehead atoms. The van der Waals surface area contributed by atoms with Crippen LogP contribution in [-0.4, -0.2) is 5.60 Å². The molecule has 0 saturated heterocycles. The second-order valence-electron chi connectivity index (χ2n) is 6.37. The first-order valence-corrected chi connectivity index (χ1v) is 11.0. The summed E-state index contributed by atoms with van der Waals surface area (Å²) in [5.41, 5.74) is -0.392. The van der Waals surface area contributed by atoms with E-state index in [9.17, 15) is 4.57 Å². The monoisotopic (exact) mass is 388 g/mol. The zero-order chi connectivity index (χ0) is 15.1. The van der Waals surface area contributed by atoms with Gasteiger partial charge in [0.2, 0.25) is 0 Å². The quantitative estimate of drug-likeness (QED) is 0.210. The third-order valence-corrected chi connectivity index (χ3v) is 4.16. The summed E-state index contributed by atoms with van der Waals surface area (Å²) < 4.78 is 17.6. The summed E-state index contributed by atoms with van der Waals surface area (Å²) in [7, 11) is 0. The van der Waals surface area contributed by atoms with Gasteiger partial charge in [0.1, 0.15) is 0 Å². The SMILES string of the molecule is CCCCCC(CC(C)C)(CC(C)C)OP(=O)([S-])[S-].[Zn+2]. The Morgan fingerprint density at radius 1 is 1.05 bits per heavy atom. The summed E-state index contributed by atoms with van der Waals surface area (Å²) in [6.45, 7) is 10.8. The Labute approximate surface area is 149 Å². The molecule has 0 aromatic heterocycles. The molecule has 0 radical (unpaired) electrons. The molecule has 6 heteroatoms. The van der Waals surface area contributed by atoms with Crippen molar-refractivity contribution in [3.63, 3.8) is 0 Å². The molecule has 0 rings (SSSR count). The Hall–Kier alpha value is 1.51. The van der Waals surface area contributed by atoms with Gasteiger partial charge >= 0.3 is 19.5 Å². The summed E-state index contributed by atoms with van der Waals surface area (Å²) in [4.78, 5) is 0. The second kappa shape index (κ2) is 11.1. The van der Waals surface area contributed by atoms with E-state index < -0.39 is 11.4 Å². The molecule has 0 aliphatic rings. The van der Waals surface area contributed by atoms with Crippen LogP contribution in [0.3, 0.4) is 0 Å². The topological polar surface area (TPSA) is 26.3 Å². The second-order valence-corrected chi connectivity index (χ2v) is 11.0. The van der Waals surface area contributed by atoms with Crippen molar-refractivity contribution in [3.8, 4) is 0 Å². The van der Waals surface area contributed by atoms with E-state index in [1.54, 1.807) is 0 Å². The molecule has 116 valence electrons. The fourth-order valence-electron chi connectivity index (χ4n) is 2.83. The van der Waals surface area contributed by atoms with Gasteiger partial charge in [-0.2, -0.15) is 0 Å². The zero-order valence-corrected chi connectivity index (χ0v) is 19.2. The van der Waals surface area contributed by atoms with E-state index >= 15 is 0 Å². The van der Waals surface area contributed by atoms with Crippen LogP contribution in [0, 0.1) is 11.8 Å². The first-order chi connectivity index (χ1) is 8.60. The van der Waals surface area contributed by atoms with E-state index in [1.165, 1.54) is 12.8 Å². The minimum atomic E-state index is -3.28. The first-order valence-electron chi connectivity index (χ1n) is 7.33. The van der Waals surface area contributed by atoms with Gasteiger partial charge in [-0.05, 0) is 36.9 Å². The fraction of sp³-hybridized carbons (Fsp3) is 1.00. The van der Waals surface area contributed by atoms with E-state index in [2.05, 4.69) is 34.6 Å². The molecule has 20 heavy (non-hydrogen) atoms. The minimum Gasteiger partial charge on any atom is -0.714 e. The largest absolute Gasteiger partial charge is 2.00 e. The van der Waals surface area contributed by atoms with Crippen LogP contribution < -0.4 is 0 Å². The molecule has 0 amide bonds.